The molecule has 2 heterocycles. The summed E-state index contributed by atoms with van der Waals surface area (Å²) in [6, 6.07) is 6.51. The first-order valence-corrected chi connectivity index (χ1v) is 6.19. The van der Waals surface area contributed by atoms with Crippen molar-refractivity contribution in [2.24, 2.45) is 7.05 Å². The first kappa shape index (κ1) is 11.3. The lowest BCUT2D eigenvalue weighted by molar-refractivity contribution is 0.357. The van der Waals surface area contributed by atoms with Gasteiger partial charge in [0.15, 0.2) is 0 Å². The highest BCUT2D eigenvalue weighted by atomic mass is 16.5. The maximum Gasteiger partial charge on any atom is 0.130 e. The van der Waals surface area contributed by atoms with Gasteiger partial charge < -0.3 is 14.6 Å². The SMILES string of the molecule is CNC(c1ccc2c(c1)CCO2)c1nccn1C. The lowest BCUT2D eigenvalue weighted by atomic mass is 10.0. The average Bonchev–Trinajstić information content (AvgIpc) is 2.99. The molecule has 1 atom stereocenters. The maximum atomic E-state index is 5.54. The summed E-state index contributed by atoms with van der Waals surface area (Å²) in [6.07, 6.45) is 4.80. The van der Waals surface area contributed by atoms with Crippen LogP contribution in [0.5, 0.6) is 5.75 Å². The number of rotatable bonds is 3. The Labute approximate surface area is 107 Å². The molecule has 18 heavy (non-hydrogen) atoms. The van der Waals surface area contributed by atoms with Gasteiger partial charge in [-0.3, -0.25) is 0 Å². The summed E-state index contributed by atoms with van der Waals surface area (Å²) in [7, 11) is 3.98. The molecule has 0 spiro atoms. The van der Waals surface area contributed by atoms with Crippen LogP contribution in [0.4, 0.5) is 0 Å². The van der Waals surface area contributed by atoms with Crippen molar-refractivity contribution in [3.63, 3.8) is 0 Å². The summed E-state index contributed by atoms with van der Waals surface area (Å²) in [5.74, 6) is 2.05. The highest BCUT2D eigenvalue weighted by Gasteiger charge is 2.19. The molecule has 2 aromatic rings. The van der Waals surface area contributed by atoms with Gasteiger partial charge in [0.1, 0.15) is 11.6 Å². The molecule has 4 nitrogen and oxygen atoms in total. The van der Waals surface area contributed by atoms with Gasteiger partial charge in [-0.2, -0.15) is 0 Å². The first-order chi connectivity index (χ1) is 8.79. The van der Waals surface area contributed by atoms with E-state index in [0.717, 1.165) is 24.6 Å². The molecule has 1 unspecified atom stereocenters. The molecule has 0 fully saturated rings. The van der Waals surface area contributed by atoms with E-state index in [4.69, 9.17) is 4.74 Å². The number of benzene rings is 1. The Morgan fingerprint density at radius 1 is 1.44 bits per heavy atom. The Bertz CT molecular complexity index is 562. The van der Waals surface area contributed by atoms with Gasteiger partial charge in [0.25, 0.3) is 0 Å². The van der Waals surface area contributed by atoms with Crippen molar-refractivity contribution in [3.8, 4) is 5.75 Å². The Morgan fingerprint density at radius 2 is 2.33 bits per heavy atom. The van der Waals surface area contributed by atoms with Crippen molar-refractivity contribution in [1.82, 2.24) is 14.9 Å². The number of ether oxygens (including phenoxy) is 1. The fourth-order valence-electron chi connectivity index (χ4n) is 2.49. The standard InChI is InChI=1S/C14H17N3O/c1-15-13(14-16-6-7-17(14)2)11-3-4-12-10(9-11)5-8-18-12/h3-4,6-7,9,13,15H,5,8H2,1-2H3. The molecular weight excluding hydrogens is 226 g/mol. The van der Waals surface area contributed by atoms with Crippen LogP contribution in [0.15, 0.2) is 30.6 Å². The third-order valence-corrected chi connectivity index (χ3v) is 3.45. The molecule has 3 rings (SSSR count). The summed E-state index contributed by atoms with van der Waals surface area (Å²) >= 11 is 0. The van der Waals surface area contributed by atoms with Gasteiger partial charge in [0.2, 0.25) is 0 Å². The molecule has 1 aliphatic heterocycles. The summed E-state index contributed by atoms with van der Waals surface area (Å²) in [6.45, 7) is 0.797. The number of aromatic nitrogens is 2. The lowest BCUT2D eigenvalue weighted by Crippen LogP contribution is -2.21. The van der Waals surface area contributed by atoms with Crippen LogP contribution < -0.4 is 10.1 Å². The summed E-state index contributed by atoms with van der Waals surface area (Å²) < 4.78 is 7.59. The Hall–Kier alpha value is -1.81. The van der Waals surface area contributed by atoms with Crippen LogP contribution in [0.25, 0.3) is 0 Å². The van der Waals surface area contributed by atoms with Gasteiger partial charge in [-0.15, -0.1) is 0 Å². The summed E-state index contributed by atoms with van der Waals surface area (Å²) in [5, 5.41) is 3.33. The summed E-state index contributed by atoms with van der Waals surface area (Å²) in [4.78, 5) is 4.43. The number of hydrogen-bond donors (Lipinski definition) is 1. The minimum Gasteiger partial charge on any atom is -0.493 e. The molecule has 4 heteroatoms. The van der Waals surface area contributed by atoms with Gasteiger partial charge in [-0.1, -0.05) is 6.07 Å². The summed E-state index contributed by atoms with van der Waals surface area (Å²) in [5.41, 5.74) is 2.53. The van der Waals surface area contributed by atoms with Crippen molar-refractivity contribution < 1.29 is 4.74 Å². The molecule has 94 valence electrons. The Balaban J connectivity index is 2.00. The van der Waals surface area contributed by atoms with E-state index in [9.17, 15) is 0 Å². The second kappa shape index (κ2) is 4.46. The van der Waals surface area contributed by atoms with Crippen LogP contribution in [-0.4, -0.2) is 23.2 Å². The minimum atomic E-state index is 0.121. The van der Waals surface area contributed by atoms with E-state index in [1.165, 1.54) is 11.1 Å². The molecule has 1 aromatic heterocycles. The molecule has 0 amide bonds. The van der Waals surface area contributed by atoms with E-state index in [1.807, 2.05) is 31.1 Å². The van der Waals surface area contributed by atoms with Gasteiger partial charge in [-0.25, -0.2) is 4.98 Å². The zero-order valence-corrected chi connectivity index (χ0v) is 10.7. The molecular formula is C14H17N3O. The first-order valence-electron chi connectivity index (χ1n) is 6.19. The molecule has 0 bridgehead atoms. The number of hydrogen-bond acceptors (Lipinski definition) is 3. The van der Waals surface area contributed by atoms with Gasteiger partial charge in [0.05, 0.1) is 12.6 Å². The van der Waals surface area contributed by atoms with E-state index in [1.54, 1.807) is 0 Å². The van der Waals surface area contributed by atoms with Gasteiger partial charge in [0, 0.05) is 25.9 Å². The molecule has 0 radical (unpaired) electrons. The van der Waals surface area contributed by atoms with Crippen molar-refractivity contribution >= 4 is 0 Å². The molecule has 1 N–H and O–H groups in total. The molecule has 0 saturated heterocycles. The van der Waals surface area contributed by atoms with Crippen molar-refractivity contribution in [1.29, 1.82) is 0 Å². The number of fused-ring (bicyclic) bond motifs is 1. The zero-order valence-electron chi connectivity index (χ0n) is 10.7. The Kier molecular flexibility index (Phi) is 2.80. The zero-order chi connectivity index (χ0) is 12.5. The van der Waals surface area contributed by atoms with Crippen LogP contribution in [-0.2, 0) is 13.5 Å². The highest BCUT2D eigenvalue weighted by Crippen LogP contribution is 2.29. The second-order valence-corrected chi connectivity index (χ2v) is 4.58. The number of aryl methyl sites for hydroxylation is 1. The van der Waals surface area contributed by atoms with E-state index >= 15 is 0 Å². The smallest absolute Gasteiger partial charge is 0.130 e. The third-order valence-electron chi connectivity index (χ3n) is 3.45. The van der Waals surface area contributed by atoms with Crippen molar-refractivity contribution in [2.45, 2.75) is 12.5 Å². The molecule has 1 aliphatic rings. The fourth-order valence-corrected chi connectivity index (χ4v) is 2.49. The van der Waals surface area contributed by atoms with Crippen molar-refractivity contribution in [2.75, 3.05) is 13.7 Å². The van der Waals surface area contributed by atoms with Gasteiger partial charge in [-0.05, 0) is 30.3 Å². The normalized spacial score (nSPS) is 15.2. The molecule has 1 aromatic carbocycles. The fraction of sp³-hybridized carbons (Fsp3) is 0.357. The maximum absolute atomic E-state index is 5.54. The van der Waals surface area contributed by atoms with Crippen molar-refractivity contribution in [3.05, 3.63) is 47.5 Å². The topological polar surface area (TPSA) is 39.1 Å². The van der Waals surface area contributed by atoms with Crippen LogP contribution in [0.2, 0.25) is 0 Å². The molecule has 0 saturated carbocycles. The van der Waals surface area contributed by atoms with E-state index in [0.29, 0.717) is 0 Å². The highest BCUT2D eigenvalue weighted by molar-refractivity contribution is 5.42. The lowest BCUT2D eigenvalue weighted by Gasteiger charge is -2.17. The monoisotopic (exact) mass is 243 g/mol. The Morgan fingerprint density at radius 3 is 3.06 bits per heavy atom. The minimum absolute atomic E-state index is 0.121. The quantitative estimate of drug-likeness (QED) is 0.891. The van der Waals surface area contributed by atoms with E-state index in [2.05, 4.69) is 28.5 Å². The number of imidazole rings is 1. The number of nitrogens with one attached hydrogen (secondary N) is 1. The van der Waals surface area contributed by atoms with Crippen LogP contribution in [0.1, 0.15) is 23.0 Å². The third kappa shape index (κ3) is 1.78. The van der Waals surface area contributed by atoms with E-state index in [-0.39, 0.29) is 6.04 Å². The second-order valence-electron chi connectivity index (χ2n) is 4.58. The molecule has 0 aliphatic carbocycles. The predicted molar refractivity (Wildman–Crippen MR) is 69.8 cm³/mol. The van der Waals surface area contributed by atoms with Crippen LogP contribution >= 0.6 is 0 Å². The average molecular weight is 243 g/mol. The number of nitrogens with zero attached hydrogens (tertiary/aromatic N) is 2. The van der Waals surface area contributed by atoms with Crippen LogP contribution in [0, 0.1) is 0 Å². The predicted octanol–water partition coefficient (Wildman–Crippen LogP) is 1.66. The van der Waals surface area contributed by atoms with Gasteiger partial charge >= 0.3 is 0 Å². The van der Waals surface area contributed by atoms with Crippen LogP contribution in [0.3, 0.4) is 0 Å². The van der Waals surface area contributed by atoms with E-state index < -0.39 is 0 Å². The largest absolute Gasteiger partial charge is 0.493 e.